The molecule has 1 aromatic carbocycles. The zero-order chi connectivity index (χ0) is 24.6. The Morgan fingerprint density at radius 1 is 0.971 bits per heavy atom. The summed E-state index contributed by atoms with van der Waals surface area (Å²) in [6, 6.07) is 8.84. The minimum atomic E-state index is -0.201. The monoisotopic (exact) mass is 498 g/mol. The number of nitrogens with one attached hydrogen (secondary N) is 2. The number of aromatic nitrogens is 2. The smallest absolute Gasteiger partial charge is 0.232 e. The molecule has 0 spiro atoms. The molecule has 8 heteroatoms. The van der Waals surface area contributed by atoms with Gasteiger partial charge < -0.3 is 20.4 Å². The molecule has 6 nitrogen and oxygen atoms in total. The second-order valence-corrected chi connectivity index (χ2v) is 10.7. The SMILES string of the molecule is CC1CC(C)CN(c2cc(N3CCCCCC3)nc(NC(=S)NCCCc3ccc(F)cc3)n2)C1. The fraction of sp³-hybridized carbons (Fsp3) is 0.593. The van der Waals surface area contributed by atoms with Gasteiger partial charge in [-0.3, -0.25) is 0 Å². The molecule has 1 aromatic heterocycles. The summed E-state index contributed by atoms with van der Waals surface area (Å²) in [4.78, 5) is 14.6. The van der Waals surface area contributed by atoms with Crippen LogP contribution in [0.2, 0.25) is 0 Å². The van der Waals surface area contributed by atoms with E-state index in [-0.39, 0.29) is 5.82 Å². The fourth-order valence-electron chi connectivity index (χ4n) is 5.24. The molecule has 35 heavy (non-hydrogen) atoms. The van der Waals surface area contributed by atoms with Gasteiger partial charge in [-0.25, -0.2) is 4.39 Å². The summed E-state index contributed by atoms with van der Waals surface area (Å²) in [5, 5.41) is 7.05. The van der Waals surface area contributed by atoms with E-state index in [0.29, 0.717) is 22.9 Å². The second-order valence-electron chi connectivity index (χ2n) is 10.3. The van der Waals surface area contributed by atoms with E-state index >= 15 is 0 Å². The van der Waals surface area contributed by atoms with Gasteiger partial charge in [-0.05, 0) is 73.9 Å². The van der Waals surface area contributed by atoms with Crippen LogP contribution in [0.1, 0.15) is 57.9 Å². The molecule has 2 unspecified atom stereocenters. The highest BCUT2D eigenvalue weighted by molar-refractivity contribution is 7.80. The predicted octanol–water partition coefficient (Wildman–Crippen LogP) is 5.40. The van der Waals surface area contributed by atoms with E-state index in [2.05, 4.69) is 40.3 Å². The molecular weight excluding hydrogens is 459 g/mol. The number of aryl methyl sites for hydroxylation is 1. The summed E-state index contributed by atoms with van der Waals surface area (Å²) in [7, 11) is 0. The molecule has 0 saturated carbocycles. The maximum Gasteiger partial charge on any atom is 0.232 e. The van der Waals surface area contributed by atoms with Crippen molar-refractivity contribution in [2.24, 2.45) is 11.8 Å². The third-order valence-corrected chi connectivity index (χ3v) is 7.13. The van der Waals surface area contributed by atoms with Gasteiger partial charge in [-0.15, -0.1) is 0 Å². The lowest BCUT2D eigenvalue weighted by atomic mass is 9.92. The van der Waals surface area contributed by atoms with Crippen molar-refractivity contribution in [1.29, 1.82) is 0 Å². The van der Waals surface area contributed by atoms with Crippen molar-refractivity contribution in [2.45, 2.75) is 58.8 Å². The highest BCUT2D eigenvalue weighted by atomic mass is 32.1. The Morgan fingerprint density at radius 3 is 2.26 bits per heavy atom. The Hall–Kier alpha value is -2.48. The van der Waals surface area contributed by atoms with Crippen LogP contribution >= 0.6 is 12.2 Å². The number of piperidine rings is 1. The summed E-state index contributed by atoms with van der Waals surface area (Å²) in [5.74, 6) is 3.63. The molecule has 2 N–H and O–H groups in total. The number of nitrogens with zero attached hydrogens (tertiary/aromatic N) is 4. The number of rotatable bonds is 7. The molecule has 190 valence electrons. The minimum Gasteiger partial charge on any atom is -0.362 e. The number of thiocarbonyl (C=S) groups is 1. The van der Waals surface area contributed by atoms with Gasteiger partial charge in [0.25, 0.3) is 0 Å². The van der Waals surface area contributed by atoms with Crippen LogP contribution in [0, 0.1) is 17.7 Å². The first-order chi connectivity index (χ1) is 17.0. The van der Waals surface area contributed by atoms with E-state index in [0.717, 1.165) is 62.8 Å². The lowest BCUT2D eigenvalue weighted by Gasteiger charge is -2.36. The number of anilines is 3. The Labute approximate surface area is 214 Å². The van der Waals surface area contributed by atoms with Gasteiger partial charge >= 0.3 is 0 Å². The maximum atomic E-state index is 13.1. The van der Waals surface area contributed by atoms with Crippen molar-refractivity contribution in [3.05, 3.63) is 41.7 Å². The molecule has 3 heterocycles. The van der Waals surface area contributed by atoms with Crippen molar-refractivity contribution >= 4 is 34.9 Å². The lowest BCUT2D eigenvalue weighted by Crippen LogP contribution is -2.39. The van der Waals surface area contributed by atoms with Crippen molar-refractivity contribution in [1.82, 2.24) is 15.3 Å². The van der Waals surface area contributed by atoms with Crippen LogP contribution in [0.5, 0.6) is 0 Å². The maximum absolute atomic E-state index is 13.1. The lowest BCUT2D eigenvalue weighted by molar-refractivity contribution is 0.355. The third kappa shape index (κ3) is 7.75. The highest BCUT2D eigenvalue weighted by Crippen LogP contribution is 2.29. The van der Waals surface area contributed by atoms with Gasteiger partial charge in [0.15, 0.2) is 5.11 Å². The summed E-state index contributed by atoms with van der Waals surface area (Å²) >= 11 is 5.56. The predicted molar refractivity (Wildman–Crippen MR) is 147 cm³/mol. The van der Waals surface area contributed by atoms with Crippen LogP contribution in [0.15, 0.2) is 30.3 Å². The molecule has 2 aromatic rings. The van der Waals surface area contributed by atoms with Crippen molar-refractivity contribution in [3.8, 4) is 0 Å². The average Bonchev–Trinajstić information content (AvgIpc) is 3.12. The zero-order valence-electron chi connectivity index (χ0n) is 21.1. The van der Waals surface area contributed by atoms with Crippen molar-refractivity contribution in [2.75, 3.05) is 47.8 Å². The second kappa shape index (κ2) is 12.5. The normalized spacial score (nSPS) is 20.9. The van der Waals surface area contributed by atoms with E-state index in [9.17, 15) is 4.39 Å². The van der Waals surface area contributed by atoms with Gasteiger partial charge in [0, 0.05) is 38.8 Å². The topological polar surface area (TPSA) is 56.3 Å². The molecule has 0 bridgehead atoms. The van der Waals surface area contributed by atoms with Crippen LogP contribution in [0.4, 0.5) is 22.0 Å². The summed E-state index contributed by atoms with van der Waals surface area (Å²) in [6.07, 6.45) is 8.00. The first-order valence-corrected chi connectivity index (χ1v) is 13.6. The molecule has 2 aliphatic rings. The standard InChI is InChI=1S/C27H39FN6S/c1-20-16-21(2)19-34(18-20)25-17-24(33-14-5-3-4-6-15-33)30-26(31-25)32-27(35)29-13-7-8-22-9-11-23(28)12-10-22/h9-12,17,20-21H,3-8,13-16,18-19H2,1-2H3,(H2,29,30,31,32,35). The van der Waals surface area contributed by atoms with Crippen LogP contribution in [0.3, 0.4) is 0 Å². The van der Waals surface area contributed by atoms with Crippen LogP contribution < -0.4 is 20.4 Å². The van der Waals surface area contributed by atoms with Gasteiger partial charge in [-0.2, -0.15) is 9.97 Å². The summed E-state index contributed by atoms with van der Waals surface area (Å²) in [6.45, 7) is 9.48. The number of hydrogen-bond donors (Lipinski definition) is 2. The largest absolute Gasteiger partial charge is 0.362 e. The molecule has 2 atom stereocenters. The number of halogens is 1. The van der Waals surface area contributed by atoms with Gasteiger partial charge in [-0.1, -0.05) is 38.8 Å². The molecule has 2 saturated heterocycles. The Bertz CT molecular complexity index is 951. The number of hydrogen-bond acceptors (Lipinski definition) is 5. The molecule has 4 rings (SSSR count). The molecule has 2 fully saturated rings. The summed E-state index contributed by atoms with van der Waals surface area (Å²) in [5.41, 5.74) is 1.12. The molecule has 0 amide bonds. The van der Waals surface area contributed by atoms with E-state index in [1.807, 2.05) is 12.1 Å². The molecule has 0 aliphatic carbocycles. The summed E-state index contributed by atoms with van der Waals surface area (Å²) < 4.78 is 13.1. The Balaban J connectivity index is 1.41. The van der Waals surface area contributed by atoms with Crippen molar-refractivity contribution < 1.29 is 4.39 Å². The first-order valence-electron chi connectivity index (χ1n) is 13.1. The van der Waals surface area contributed by atoms with Crippen LogP contribution in [-0.2, 0) is 6.42 Å². The molecule has 0 radical (unpaired) electrons. The Morgan fingerprint density at radius 2 is 1.60 bits per heavy atom. The van der Waals surface area contributed by atoms with E-state index in [1.165, 1.54) is 44.2 Å². The van der Waals surface area contributed by atoms with E-state index in [1.54, 1.807) is 0 Å². The minimum absolute atomic E-state index is 0.201. The van der Waals surface area contributed by atoms with Gasteiger partial charge in [0.2, 0.25) is 5.95 Å². The fourth-order valence-corrected chi connectivity index (χ4v) is 5.44. The van der Waals surface area contributed by atoms with Crippen LogP contribution in [0.25, 0.3) is 0 Å². The van der Waals surface area contributed by atoms with E-state index < -0.39 is 0 Å². The number of benzene rings is 1. The molecular formula is C27H39FN6S. The highest BCUT2D eigenvalue weighted by Gasteiger charge is 2.24. The average molecular weight is 499 g/mol. The van der Waals surface area contributed by atoms with Gasteiger partial charge in [0.1, 0.15) is 17.5 Å². The third-order valence-electron chi connectivity index (χ3n) is 6.89. The zero-order valence-corrected chi connectivity index (χ0v) is 21.9. The quantitative estimate of drug-likeness (QED) is 0.392. The van der Waals surface area contributed by atoms with E-state index in [4.69, 9.17) is 22.2 Å². The molecule has 2 aliphatic heterocycles. The Kier molecular flexibility index (Phi) is 9.12. The van der Waals surface area contributed by atoms with Gasteiger partial charge in [0.05, 0.1) is 0 Å². The first kappa shape index (κ1) is 25.6. The van der Waals surface area contributed by atoms with Crippen molar-refractivity contribution in [3.63, 3.8) is 0 Å². The van der Waals surface area contributed by atoms with Crippen LogP contribution in [-0.4, -0.2) is 47.8 Å².